The quantitative estimate of drug-likeness (QED) is 0.326. The number of hydroxylamine groups is 2. The first-order valence-corrected chi connectivity index (χ1v) is 18.4. The summed E-state index contributed by atoms with van der Waals surface area (Å²) in [7, 11) is -3.30. The third kappa shape index (κ3) is 6.72. The summed E-state index contributed by atoms with van der Waals surface area (Å²) in [5.74, 6) is -1.66. The molecule has 0 saturated carbocycles. The number of rotatable bonds is 10. The van der Waals surface area contributed by atoms with Gasteiger partial charge in [0.1, 0.15) is 23.4 Å². The fourth-order valence-corrected chi connectivity index (χ4v) is 8.60. The van der Waals surface area contributed by atoms with Crippen LogP contribution in [0.3, 0.4) is 0 Å². The lowest BCUT2D eigenvalue weighted by atomic mass is 9.82. The highest BCUT2D eigenvalue weighted by Crippen LogP contribution is 2.50. The zero-order valence-corrected chi connectivity index (χ0v) is 29.6. The van der Waals surface area contributed by atoms with E-state index in [1.54, 1.807) is 31.2 Å². The van der Waals surface area contributed by atoms with E-state index in [1.807, 2.05) is 0 Å². The standard InChI is InChI=1S/C36H41FN6O7S/c1-4-40-16-14-26(15-17-40)41-18-20-42(21-19-41)50-35(45)39-36(29-8-6-7-9-33(29)49-5-2)30-22-25(24-38)31(37)23-32(30)43(34(36)44)51(46,47)28-12-10-27(48-3)11-13-28/h6-13,22-23,26H,4-5,14-21H2,1-3H3,(H,39,45). The molecule has 1 unspecified atom stereocenters. The van der Waals surface area contributed by atoms with Crippen molar-refractivity contribution in [3.63, 3.8) is 0 Å². The number of ether oxygens (including phenoxy) is 2. The Bertz CT molecular complexity index is 1920. The van der Waals surface area contributed by atoms with Gasteiger partial charge in [-0.2, -0.15) is 9.57 Å². The van der Waals surface area contributed by atoms with Gasteiger partial charge in [-0.1, -0.05) is 25.1 Å². The van der Waals surface area contributed by atoms with Gasteiger partial charge in [-0.25, -0.2) is 17.6 Å². The molecule has 13 nitrogen and oxygen atoms in total. The lowest BCUT2D eigenvalue weighted by molar-refractivity contribution is -0.134. The van der Waals surface area contributed by atoms with Gasteiger partial charge in [-0.3, -0.25) is 15.0 Å². The van der Waals surface area contributed by atoms with Crippen molar-refractivity contribution in [2.24, 2.45) is 0 Å². The Kier molecular flexibility index (Phi) is 10.5. The predicted octanol–water partition coefficient (Wildman–Crippen LogP) is 3.83. The van der Waals surface area contributed by atoms with E-state index in [0.29, 0.717) is 42.3 Å². The zero-order chi connectivity index (χ0) is 36.3. The summed E-state index contributed by atoms with van der Waals surface area (Å²) in [4.78, 5) is 39.2. The van der Waals surface area contributed by atoms with E-state index in [9.17, 15) is 23.3 Å². The summed E-state index contributed by atoms with van der Waals surface area (Å²) in [5.41, 5.74) is -3.22. The van der Waals surface area contributed by atoms with Crippen LogP contribution in [0.5, 0.6) is 11.5 Å². The lowest BCUT2D eigenvalue weighted by Gasteiger charge is -2.42. The molecule has 3 heterocycles. The number of halogens is 1. The molecule has 15 heteroatoms. The molecule has 0 bridgehead atoms. The van der Waals surface area contributed by atoms with Crippen LogP contribution in [0, 0.1) is 17.1 Å². The number of piperidine rings is 1. The van der Waals surface area contributed by atoms with Crippen molar-refractivity contribution in [3.05, 3.63) is 83.2 Å². The average molecular weight is 721 g/mol. The lowest BCUT2D eigenvalue weighted by Crippen LogP contribution is -2.57. The van der Waals surface area contributed by atoms with Gasteiger partial charge in [-0.15, -0.1) is 5.06 Å². The highest BCUT2D eigenvalue weighted by Gasteiger charge is 2.59. The van der Waals surface area contributed by atoms with E-state index < -0.39 is 38.9 Å². The van der Waals surface area contributed by atoms with Gasteiger partial charge in [0.2, 0.25) is 0 Å². The molecule has 3 aromatic carbocycles. The number of piperazine rings is 1. The Hall–Kier alpha value is -4.75. The van der Waals surface area contributed by atoms with E-state index in [4.69, 9.17) is 14.3 Å². The number of fused-ring (bicyclic) bond motifs is 1. The number of benzene rings is 3. The Labute approximate surface area is 297 Å². The molecule has 1 N–H and O–H groups in total. The molecule has 1 atom stereocenters. The smallest absolute Gasteiger partial charge is 0.427 e. The number of nitrogens with one attached hydrogen (secondary N) is 1. The van der Waals surface area contributed by atoms with Gasteiger partial charge in [0.25, 0.3) is 15.9 Å². The van der Waals surface area contributed by atoms with Crippen molar-refractivity contribution in [2.75, 3.05) is 63.8 Å². The Morgan fingerprint density at radius 2 is 1.69 bits per heavy atom. The molecule has 2 fully saturated rings. The van der Waals surface area contributed by atoms with Crippen LogP contribution < -0.4 is 19.1 Å². The molecule has 3 aromatic rings. The number of methoxy groups -OCH3 is 1. The normalized spacial score (nSPS) is 20.5. The number of carbonyl (C=O) groups is 2. The molecule has 270 valence electrons. The maximum absolute atomic E-state index is 15.3. The number of sulfonamides is 1. The Morgan fingerprint density at radius 1 is 1.00 bits per heavy atom. The first-order chi connectivity index (χ1) is 24.6. The van der Waals surface area contributed by atoms with Crippen LogP contribution in [0.4, 0.5) is 14.9 Å². The van der Waals surface area contributed by atoms with Crippen molar-refractivity contribution in [1.82, 2.24) is 20.2 Å². The second-order valence-corrected chi connectivity index (χ2v) is 14.3. The van der Waals surface area contributed by atoms with Crippen LogP contribution in [0.2, 0.25) is 0 Å². The van der Waals surface area contributed by atoms with Crippen LogP contribution >= 0.6 is 0 Å². The highest BCUT2D eigenvalue weighted by molar-refractivity contribution is 7.93. The molecular formula is C36H41FN6O7S. The molecule has 51 heavy (non-hydrogen) atoms. The van der Waals surface area contributed by atoms with Crippen molar-refractivity contribution < 1.29 is 36.7 Å². The Morgan fingerprint density at radius 3 is 2.31 bits per heavy atom. The number of likely N-dealkylation sites (tertiary alicyclic amines) is 1. The second-order valence-electron chi connectivity index (χ2n) is 12.5. The summed E-state index contributed by atoms with van der Waals surface area (Å²) in [5, 5.41) is 14.0. The largest absolute Gasteiger partial charge is 0.497 e. The van der Waals surface area contributed by atoms with Gasteiger partial charge in [-0.05, 0) is 75.8 Å². The van der Waals surface area contributed by atoms with Crippen molar-refractivity contribution >= 4 is 27.7 Å². The third-order valence-electron chi connectivity index (χ3n) is 9.82. The van der Waals surface area contributed by atoms with Gasteiger partial charge in [0, 0.05) is 49.4 Å². The minimum absolute atomic E-state index is 0.0706. The van der Waals surface area contributed by atoms with Crippen molar-refractivity contribution in [3.8, 4) is 17.6 Å². The number of para-hydroxylation sites is 1. The number of nitriles is 1. The number of hydrogen-bond acceptors (Lipinski definition) is 11. The second kappa shape index (κ2) is 14.8. The number of nitrogens with zero attached hydrogens (tertiary/aromatic N) is 5. The van der Waals surface area contributed by atoms with Gasteiger partial charge < -0.3 is 19.2 Å². The molecule has 0 spiro atoms. The fraction of sp³-hybridized carbons (Fsp3) is 0.417. The molecule has 0 aliphatic carbocycles. The summed E-state index contributed by atoms with van der Waals surface area (Å²) in [6.45, 7) is 9.35. The highest BCUT2D eigenvalue weighted by atomic mass is 32.2. The molecule has 0 radical (unpaired) electrons. The summed E-state index contributed by atoms with van der Waals surface area (Å²) >= 11 is 0. The molecule has 0 aromatic heterocycles. The molecule has 3 aliphatic heterocycles. The SMILES string of the molecule is CCOc1ccccc1C1(NC(=O)ON2CCN(C3CCN(CC)CC3)CC2)C(=O)N(S(=O)(=O)c2ccc(OC)cc2)c2cc(F)c(C#N)cc21. The number of carbonyl (C=O) groups excluding carboxylic acids is 2. The summed E-state index contributed by atoms with van der Waals surface area (Å²) in [6.07, 6.45) is 1.09. The summed E-state index contributed by atoms with van der Waals surface area (Å²) < 4.78 is 55.4. The zero-order valence-electron chi connectivity index (χ0n) is 28.8. The first kappa shape index (κ1) is 36.1. The fourth-order valence-electron chi connectivity index (χ4n) is 7.15. The van der Waals surface area contributed by atoms with E-state index in [0.717, 1.165) is 44.6 Å². The molecular weight excluding hydrogens is 679 g/mol. The van der Waals surface area contributed by atoms with Crippen LogP contribution in [0.1, 0.15) is 43.4 Å². The van der Waals surface area contributed by atoms with E-state index in [1.165, 1.54) is 42.5 Å². The minimum atomic E-state index is -4.73. The number of amides is 2. The van der Waals surface area contributed by atoms with Crippen molar-refractivity contribution in [2.45, 2.75) is 43.2 Å². The molecule has 6 rings (SSSR count). The van der Waals surface area contributed by atoms with E-state index in [-0.39, 0.29) is 34.1 Å². The van der Waals surface area contributed by atoms with Gasteiger partial charge >= 0.3 is 6.09 Å². The molecule has 2 saturated heterocycles. The van der Waals surface area contributed by atoms with Gasteiger partial charge in [0.05, 0.1) is 29.9 Å². The number of anilines is 1. The third-order valence-corrected chi connectivity index (χ3v) is 11.5. The average Bonchev–Trinajstić information content (AvgIpc) is 3.38. The topological polar surface area (TPSA) is 145 Å². The van der Waals surface area contributed by atoms with Crippen molar-refractivity contribution in [1.29, 1.82) is 5.26 Å². The van der Waals surface area contributed by atoms with E-state index >= 15 is 4.39 Å². The van der Waals surface area contributed by atoms with Crippen LogP contribution in [-0.2, 0) is 25.2 Å². The van der Waals surface area contributed by atoms with Crippen LogP contribution in [0.25, 0.3) is 0 Å². The maximum Gasteiger partial charge on any atom is 0.427 e. The maximum atomic E-state index is 15.3. The Balaban J connectivity index is 1.37. The first-order valence-electron chi connectivity index (χ1n) is 17.0. The van der Waals surface area contributed by atoms with E-state index in [2.05, 4.69) is 22.0 Å². The van der Waals surface area contributed by atoms with Crippen LogP contribution in [-0.4, -0.2) is 101 Å². The van der Waals surface area contributed by atoms with Gasteiger partial charge in [0.15, 0.2) is 5.54 Å². The summed E-state index contributed by atoms with van der Waals surface area (Å²) in [6, 6.07) is 15.8. The minimum Gasteiger partial charge on any atom is -0.497 e. The molecule has 2 amide bonds. The predicted molar refractivity (Wildman–Crippen MR) is 185 cm³/mol. The molecule has 3 aliphatic rings. The monoisotopic (exact) mass is 720 g/mol. The van der Waals surface area contributed by atoms with Crippen LogP contribution in [0.15, 0.2) is 65.6 Å². The number of hydrogen-bond donors (Lipinski definition) is 1.